The van der Waals surface area contributed by atoms with Crippen LogP contribution in [0.1, 0.15) is 5.56 Å². The zero-order chi connectivity index (χ0) is 22.3. The molecule has 162 valence electrons. The van der Waals surface area contributed by atoms with Crippen LogP contribution in [0, 0.1) is 0 Å². The van der Waals surface area contributed by atoms with Crippen molar-refractivity contribution in [2.45, 2.75) is 11.6 Å². The number of fused-ring (bicyclic) bond motifs is 1. The minimum absolute atomic E-state index is 0.0616. The zero-order valence-corrected chi connectivity index (χ0v) is 17.7. The highest BCUT2D eigenvalue weighted by atomic mass is 32.2. The van der Waals surface area contributed by atoms with Gasteiger partial charge in [0.05, 0.1) is 31.9 Å². The molecule has 0 bridgehead atoms. The van der Waals surface area contributed by atoms with Gasteiger partial charge in [0.25, 0.3) is 5.03 Å². The fourth-order valence-electron chi connectivity index (χ4n) is 3.37. The highest BCUT2D eigenvalue weighted by Crippen LogP contribution is 2.27. The first-order valence-electron chi connectivity index (χ1n) is 9.57. The third kappa shape index (κ3) is 3.56. The second kappa shape index (κ2) is 7.50. The average molecular weight is 451 g/mol. The van der Waals surface area contributed by atoms with Gasteiger partial charge in [-0.1, -0.05) is 18.2 Å². The lowest BCUT2D eigenvalue weighted by Crippen LogP contribution is -2.23. The number of para-hydroxylation sites is 1. The Morgan fingerprint density at radius 1 is 1.22 bits per heavy atom. The molecule has 0 fully saturated rings. The molecule has 0 aliphatic rings. The molecule has 5 aromatic rings. The summed E-state index contributed by atoms with van der Waals surface area (Å²) in [6, 6.07) is 10.6. The SMILES string of the molecule is C[n+]1c[nH]c(S(=O)(=O)Nc2ccccc2Cn2cnc3c(-c4ccco4)nc(N)nc32)c1. The number of anilines is 2. The molecule has 12 heteroatoms. The Morgan fingerprint density at radius 3 is 2.81 bits per heavy atom. The number of aryl methyl sites for hydroxylation is 1. The third-order valence-electron chi connectivity index (χ3n) is 4.86. The smallest absolute Gasteiger partial charge is 0.302 e. The molecule has 0 spiro atoms. The predicted molar refractivity (Wildman–Crippen MR) is 116 cm³/mol. The molecule has 4 heterocycles. The Morgan fingerprint density at radius 2 is 2.06 bits per heavy atom. The van der Waals surface area contributed by atoms with Crippen molar-refractivity contribution in [3.63, 3.8) is 0 Å². The van der Waals surface area contributed by atoms with E-state index in [1.807, 2.05) is 12.1 Å². The van der Waals surface area contributed by atoms with E-state index in [-0.39, 0.29) is 11.0 Å². The molecule has 0 aliphatic carbocycles. The maximum atomic E-state index is 12.8. The molecule has 0 saturated carbocycles. The van der Waals surface area contributed by atoms with Crippen molar-refractivity contribution in [1.82, 2.24) is 24.5 Å². The van der Waals surface area contributed by atoms with Gasteiger partial charge in [0.2, 0.25) is 12.3 Å². The molecular formula is C20H19N8O3S+. The number of nitrogens with zero attached hydrogens (tertiary/aromatic N) is 5. The van der Waals surface area contributed by atoms with Gasteiger partial charge >= 0.3 is 10.0 Å². The van der Waals surface area contributed by atoms with Crippen molar-refractivity contribution in [1.29, 1.82) is 0 Å². The highest BCUT2D eigenvalue weighted by Gasteiger charge is 2.23. The Bertz CT molecular complexity index is 1520. The monoisotopic (exact) mass is 451 g/mol. The van der Waals surface area contributed by atoms with Crippen LogP contribution in [-0.4, -0.2) is 32.9 Å². The van der Waals surface area contributed by atoms with Crippen molar-refractivity contribution in [3.8, 4) is 11.5 Å². The number of hydrogen-bond acceptors (Lipinski definition) is 7. The number of hydrogen-bond donors (Lipinski definition) is 3. The quantitative estimate of drug-likeness (QED) is 0.333. The summed E-state index contributed by atoms with van der Waals surface area (Å²) < 4.78 is 37.1. The zero-order valence-electron chi connectivity index (χ0n) is 16.9. The maximum Gasteiger partial charge on any atom is 0.302 e. The second-order valence-corrected chi connectivity index (χ2v) is 8.80. The summed E-state index contributed by atoms with van der Waals surface area (Å²) in [6.45, 7) is 0.307. The number of rotatable bonds is 6. The van der Waals surface area contributed by atoms with Gasteiger partial charge in [0.1, 0.15) is 11.2 Å². The minimum atomic E-state index is -3.79. The number of nitrogens with two attached hydrogens (primary N) is 1. The Hall–Kier alpha value is -4.19. The van der Waals surface area contributed by atoms with E-state index in [2.05, 4.69) is 24.7 Å². The molecule has 4 N–H and O–H groups in total. The lowest BCUT2D eigenvalue weighted by Gasteiger charge is -2.12. The number of aromatic amines is 1. The van der Waals surface area contributed by atoms with E-state index in [4.69, 9.17) is 10.2 Å². The molecule has 0 amide bonds. The summed E-state index contributed by atoms with van der Waals surface area (Å²) in [4.78, 5) is 15.8. The highest BCUT2D eigenvalue weighted by molar-refractivity contribution is 7.92. The van der Waals surface area contributed by atoms with Gasteiger partial charge in [0.15, 0.2) is 17.6 Å². The number of benzene rings is 1. The molecular weight excluding hydrogens is 432 g/mol. The molecule has 0 saturated heterocycles. The van der Waals surface area contributed by atoms with E-state index in [1.165, 1.54) is 6.20 Å². The summed E-state index contributed by atoms with van der Waals surface area (Å²) in [7, 11) is -2.05. The van der Waals surface area contributed by atoms with Crippen molar-refractivity contribution >= 4 is 32.8 Å². The van der Waals surface area contributed by atoms with Gasteiger partial charge < -0.3 is 14.7 Å². The summed E-state index contributed by atoms with van der Waals surface area (Å²) in [5.74, 6) is 0.612. The number of nitrogens with one attached hydrogen (secondary N) is 2. The number of furan rings is 1. The summed E-state index contributed by atoms with van der Waals surface area (Å²) in [6.07, 6.45) is 6.20. The molecule has 11 nitrogen and oxygen atoms in total. The van der Waals surface area contributed by atoms with E-state index in [9.17, 15) is 8.42 Å². The van der Waals surface area contributed by atoms with Gasteiger partial charge in [-0.05, 0) is 23.8 Å². The number of nitrogen functional groups attached to an aromatic ring is 1. The van der Waals surface area contributed by atoms with Crippen molar-refractivity contribution in [2.24, 2.45) is 7.05 Å². The van der Waals surface area contributed by atoms with Crippen LogP contribution in [0.25, 0.3) is 22.6 Å². The first-order chi connectivity index (χ1) is 15.4. The molecule has 0 atom stereocenters. The van der Waals surface area contributed by atoms with Crippen molar-refractivity contribution in [3.05, 3.63) is 67.1 Å². The molecule has 5 rings (SSSR count). The molecule has 4 aromatic heterocycles. The predicted octanol–water partition coefficient (Wildman–Crippen LogP) is 1.67. The van der Waals surface area contributed by atoms with Crippen LogP contribution in [0.4, 0.5) is 11.6 Å². The fourth-order valence-corrected chi connectivity index (χ4v) is 4.49. The minimum Gasteiger partial charge on any atom is -0.463 e. The van der Waals surface area contributed by atoms with Crippen molar-refractivity contribution < 1.29 is 17.4 Å². The normalized spacial score (nSPS) is 11.8. The first kappa shape index (κ1) is 19.8. The fraction of sp³-hybridized carbons (Fsp3) is 0.100. The molecule has 1 aromatic carbocycles. The van der Waals surface area contributed by atoms with Crippen molar-refractivity contribution in [2.75, 3.05) is 10.5 Å². The van der Waals surface area contributed by atoms with Gasteiger partial charge in [0, 0.05) is 0 Å². The van der Waals surface area contributed by atoms with Gasteiger partial charge in [-0.25, -0.2) is 19.5 Å². The summed E-state index contributed by atoms with van der Waals surface area (Å²) in [5.41, 5.74) is 8.64. The van der Waals surface area contributed by atoms with Crippen LogP contribution in [-0.2, 0) is 23.6 Å². The van der Waals surface area contributed by atoms with Crippen LogP contribution in [0.3, 0.4) is 0 Å². The Balaban J connectivity index is 1.52. The number of sulfonamides is 1. The average Bonchev–Trinajstić information content (AvgIpc) is 3.51. The topological polar surface area (TPSA) is 149 Å². The largest absolute Gasteiger partial charge is 0.463 e. The number of imidazole rings is 2. The van der Waals surface area contributed by atoms with Crippen LogP contribution in [0.5, 0.6) is 0 Å². The maximum absolute atomic E-state index is 12.8. The van der Waals surface area contributed by atoms with Crippen LogP contribution < -0.4 is 15.0 Å². The Kier molecular flexibility index (Phi) is 4.63. The van der Waals surface area contributed by atoms with E-state index in [1.54, 1.807) is 59.4 Å². The summed E-state index contributed by atoms with van der Waals surface area (Å²) >= 11 is 0. The Labute approximate surface area is 182 Å². The molecule has 32 heavy (non-hydrogen) atoms. The van der Waals surface area contributed by atoms with Crippen LogP contribution in [0.15, 0.2) is 71.0 Å². The lowest BCUT2D eigenvalue weighted by atomic mass is 10.2. The van der Waals surface area contributed by atoms with E-state index in [0.29, 0.717) is 34.9 Å². The van der Waals surface area contributed by atoms with Gasteiger partial charge in [-0.15, -0.1) is 0 Å². The summed E-state index contributed by atoms with van der Waals surface area (Å²) in [5, 5.41) is 0.0616. The van der Waals surface area contributed by atoms with Gasteiger partial charge in [-0.3, -0.25) is 4.72 Å². The van der Waals surface area contributed by atoms with E-state index in [0.717, 1.165) is 5.56 Å². The van der Waals surface area contributed by atoms with Crippen LogP contribution >= 0.6 is 0 Å². The standard InChI is InChI=1S/C20H18N8O3S/c1-27-10-16(22-11-27)32(29,30)26-14-6-3-2-5-13(14)9-28-12-23-18-17(15-7-4-8-31-15)24-20(21)25-19(18)28/h2-8,10-12,26H,9H2,1H3,(H2,21,24,25)/p+1. The molecule has 0 unspecified atom stereocenters. The second-order valence-electron chi connectivity index (χ2n) is 7.15. The molecule has 0 aliphatic heterocycles. The molecule has 0 radical (unpaired) electrons. The van der Waals surface area contributed by atoms with E-state index < -0.39 is 10.0 Å². The van der Waals surface area contributed by atoms with E-state index >= 15 is 0 Å². The van der Waals surface area contributed by atoms with Crippen LogP contribution in [0.2, 0.25) is 0 Å². The first-order valence-corrected chi connectivity index (χ1v) is 11.1. The number of aromatic nitrogens is 6. The third-order valence-corrected chi connectivity index (χ3v) is 6.15. The van der Waals surface area contributed by atoms with Gasteiger partial charge in [-0.2, -0.15) is 13.4 Å². The lowest BCUT2D eigenvalue weighted by molar-refractivity contribution is -0.671. The number of H-pyrrole nitrogens is 1.